The molecule has 1 aliphatic rings. The van der Waals surface area contributed by atoms with Crippen LogP contribution in [0.15, 0.2) is 0 Å². The Labute approximate surface area is 114 Å². The first kappa shape index (κ1) is 19.9. The summed E-state index contributed by atoms with van der Waals surface area (Å²) in [5.41, 5.74) is -0.163. The lowest BCUT2D eigenvalue weighted by atomic mass is 10.1. The molecule has 1 fully saturated rings. The molecule has 3 heteroatoms. The lowest BCUT2D eigenvalue weighted by Crippen LogP contribution is -2.42. The van der Waals surface area contributed by atoms with Crippen LogP contribution in [0.1, 0.15) is 61.8 Å². The van der Waals surface area contributed by atoms with E-state index in [0.29, 0.717) is 0 Å². The van der Waals surface area contributed by atoms with Crippen LogP contribution in [0.5, 0.6) is 0 Å². The summed E-state index contributed by atoms with van der Waals surface area (Å²) in [4.78, 5) is 13.5. The van der Waals surface area contributed by atoms with Crippen molar-refractivity contribution in [3.05, 3.63) is 0 Å². The van der Waals surface area contributed by atoms with Gasteiger partial charge in [-0.3, -0.25) is 9.69 Å². The van der Waals surface area contributed by atoms with Gasteiger partial charge in [0.05, 0.1) is 17.7 Å². The van der Waals surface area contributed by atoms with Crippen molar-refractivity contribution >= 4 is 5.78 Å². The molecular formula is C15H33NO2. The minimum atomic E-state index is -0.163. The van der Waals surface area contributed by atoms with Crippen molar-refractivity contribution < 1.29 is 9.53 Å². The van der Waals surface area contributed by atoms with E-state index in [-0.39, 0.29) is 23.5 Å². The fraction of sp³-hybridized carbons (Fsp3) is 0.933. The first-order valence-corrected chi connectivity index (χ1v) is 7.20. The molecule has 0 amide bonds. The summed E-state index contributed by atoms with van der Waals surface area (Å²) in [6.07, 6.45) is 1.02. The number of rotatable bonds is 2. The predicted octanol–water partition coefficient (Wildman–Crippen LogP) is 3.52. The average Bonchev–Trinajstić information content (AvgIpc) is 2.63. The number of likely N-dealkylation sites (tertiary alicyclic amines) is 1. The highest BCUT2D eigenvalue weighted by molar-refractivity contribution is 5.82. The number of ether oxygens (including phenoxy) is 1. The highest BCUT2D eigenvalue weighted by Gasteiger charge is 2.37. The van der Waals surface area contributed by atoms with Crippen LogP contribution in [-0.2, 0) is 9.53 Å². The lowest BCUT2D eigenvalue weighted by Gasteiger charge is -2.29. The Bertz CT molecular complexity index is 221. The molecule has 0 radical (unpaired) electrons. The molecule has 0 aromatic heterocycles. The maximum Gasteiger partial charge on any atom is 0.149 e. The Morgan fingerprint density at radius 2 is 1.61 bits per heavy atom. The zero-order valence-corrected chi connectivity index (χ0v) is 13.8. The van der Waals surface area contributed by atoms with Crippen LogP contribution in [0, 0.1) is 0 Å². The van der Waals surface area contributed by atoms with Gasteiger partial charge in [0.15, 0.2) is 0 Å². The molecule has 0 bridgehead atoms. The fourth-order valence-corrected chi connectivity index (χ4v) is 2.06. The zero-order chi connectivity index (χ0) is 14.9. The molecule has 1 saturated heterocycles. The van der Waals surface area contributed by atoms with E-state index >= 15 is 0 Å². The topological polar surface area (TPSA) is 29.5 Å². The summed E-state index contributed by atoms with van der Waals surface area (Å²) in [7, 11) is 1.98. The van der Waals surface area contributed by atoms with Gasteiger partial charge in [-0.05, 0) is 41.2 Å². The van der Waals surface area contributed by atoms with E-state index in [9.17, 15) is 4.79 Å². The first-order valence-electron chi connectivity index (χ1n) is 7.20. The monoisotopic (exact) mass is 259 g/mol. The number of Topliss-reactive ketones (excluding diaryl/α,β-unsaturated/α-hetero) is 1. The molecule has 0 aromatic carbocycles. The Morgan fingerprint density at radius 1 is 1.17 bits per heavy atom. The Balaban J connectivity index is 0. The van der Waals surface area contributed by atoms with E-state index in [0.717, 1.165) is 13.0 Å². The number of hydrogen-bond acceptors (Lipinski definition) is 3. The number of carbonyl (C=O) groups excluding carboxylic acids is 1. The highest BCUT2D eigenvalue weighted by Crippen LogP contribution is 2.24. The van der Waals surface area contributed by atoms with Gasteiger partial charge in [0.1, 0.15) is 5.78 Å². The van der Waals surface area contributed by atoms with Crippen LogP contribution in [0.4, 0.5) is 0 Å². The summed E-state index contributed by atoms with van der Waals surface area (Å²) in [6, 6.07) is -0.0470. The first-order chi connectivity index (χ1) is 8.31. The summed E-state index contributed by atoms with van der Waals surface area (Å²) in [6.45, 7) is 16.7. The number of hydrogen-bond donors (Lipinski definition) is 0. The molecule has 1 rings (SSSR count). The molecule has 110 valence electrons. The van der Waals surface area contributed by atoms with Crippen molar-refractivity contribution in [2.75, 3.05) is 13.6 Å². The van der Waals surface area contributed by atoms with Crippen molar-refractivity contribution in [1.29, 1.82) is 0 Å². The Morgan fingerprint density at radius 3 is 1.94 bits per heavy atom. The third-order valence-electron chi connectivity index (χ3n) is 2.51. The molecule has 0 spiro atoms. The molecular weight excluding hydrogens is 226 g/mol. The van der Waals surface area contributed by atoms with Gasteiger partial charge in [0, 0.05) is 6.54 Å². The minimum Gasteiger partial charge on any atom is -0.370 e. The average molecular weight is 259 g/mol. The molecule has 0 aliphatic carbocycles. The Hall–Kier alpha value is -0.410. The van der Waals surface area contributed by atoms with Crippen molar-refractivity contribution in [2.24, 2.45) is 0 Å². The number of nitrogens with zero attached hydrogens (tertiary/aromatic N) is 1. The van der Waals surface area contributed by atoms with Crippen LogP contribution in [0.2, 0.25) is 0 Å². The fourth-order valence-electron chi connectivity index (χ4n) is 2.06. The number of ketones is 1. The summed E-state index contributed by atoms with van der Waals surface area (Å²) < 4.78 is 5.88. The van der Waals surface area contributed by atoms with Gasteiger partial charge in [-0.25, -0.2) is 0 Å². The van der Waals surface area contributed by atoms with Crippen LogP contribution < -0.4 is 0 Å². The molecule has 0 aromatic rings. The second-order valence-corrected chi connectivity index (χ2v) is 5.09. The van der Waals surface area contributed by atoms with Crippen LogP contribution >= 0.6 is 0 Å². The van der Waals surface area contributed by atoms with Gasteiger partial charge in [0.25, 0.3) is 0 Å². The van der Waals surface area contributed by atoms with Crippen LogP contribution in [0.3, 0.4) is 0 Å². The second-order valence-electron chi connectivity index (χ2n) is 5.09. The third-order valence-corrected chi connectivity index (χ3v) is 2.51. The molecule has 2 unspecified atom stereocenters. The molecule has 0 N–H and O–H groups in total. The van der Waals surface area contributed by atoms with Gasteiger partial charge in [0.2, 0.25) is 0 Å². The standard InChI is InChI=1S/C11H21NO2.2C2H6/c1-8(13)10-9(6-7-12(10)5)14-11(2,3)4;2*1-2/h9-10H,6-7H2,1-5H3;2*1-2H3. The van der Waals surface area contributed by atoms with E-state index in [2.05, 4.69) is 4.90 Å². The zero-order valence-electron chi connectivity index (χ0n) is 13.8. The van der Waals surface area contributed by atoms with Gasteiger partial charge in [-0.15, -0.1) is 0 Å². The maximum absolute atomic E-state index is 11.4. The summed E-state index contributed by atoms with van der Waals surface area (Å²) in [5, 5.41) is 0. The smallest absolute Gasteiger partial charge is 0.149 e. The van der Waals surface area contributed by atoms with E-state index in [4.69, 9.17) is 4.74 Å². The van der Waals surface area contributed by atoms with Crippen molar-refractivity contribution in [3.8, 4) is 0 Å². The van der Waals surface area contributed by atoms with E-state index in [1.165, 1.54) is 0 Å². The molecule has 3 nitrogen and oxygen atoms in total. The molecule has 1 aliphatic heterocycles. The summed E-state index contributed by atoms with van der Waals surface area (Å²) >= 11 is 0. The minimum absolute atomic E-state index is 0.0470. The quantitative estimate of drug-likeness (QED) is 0.760. The molecule has 2 atom stereocenters. The van der Waals surface area contributed by atoms with Gasteiger partial charge < -0.3 is 4.74 Å². The highest BCUT2D eigenvalue weighted by atomic mass is 16.5. The van der Waals surface area contributed by atoms with Crippen molar-refractivity contribution in [3.63, 3.8) is 0 Å². The van der Waals surface area contributed by atoms with E-state index in [1.54, 1.807) is 6.92 Å². The van der Waals surface area contributed by atoms with Gasteiger partial charge >= 0.3 is 0 Å². The van der Waals surface area contributed by atoms with Gasteiger partial charge in [-0.1, -0.05) is 27.7 Å². The number of likely N-dealkylation sites (N-methyl/N-ethyl adjacent to an activating group) is 1. The van der Waals surface area contributed by atoms with Crippen LogP contribution in [0.25, 0.3) is 0 Å². The molecule has 1 heterocycles. The largest absolute Gasteiger partial charge is 0.370 e. The second kappa shape index (κ2) is 9.51. The maximum atomic E-state index is 11.4. The van der Waals surface area contributed by atoms with Crippen molar-refractivity contribution in [1.82, 2.24) is 4.90 Å². The van der Waals surface area contributed by atoms with Gasteiger partial charge in [-0.2, -0.15) is 0 Å². The molecule has 0 saturated carbocycles. The Kier molecular flexibility index (Phi) is 10.5. The van der Waals surface area contributed by atoms with Crippen molar-refractivity contribution in [2.45, 2.75) is 79.6 Å². The summed E-state index contributed by atoms with van der Waals surface area (Å²) in [5.74, 6) is 0.208. The van der Waals surface area contributed by atoms with Crippen LogP contribution in [-0.4, -0.2) is 42.0 Å². The number of carbonyl (C=O) groups is 1. The normalized spacial score (nSPS) is 23.6. The molecule has 18 heavy (non-hydrogen) atoms. The predicted molar refractivity (Wildman–Crippen MR) is 79.0 cm³/mol. The lowest BCUT2D eigenvalue weighted by molar-refractivity contribution is -0.129. The third kappa shape index (κ3) is 7.12. The SMILES string of the molecule is CC.CC.CC(=O)C1C(OC(C)(C)C)CCN1C. The van der Waals surface area contributed by atoms with E-state index in [1.807, 2.05) is 55.5 Å². The van der Waals surface area contributed by atoms with E-state index < -0.39 is 0 Å².